The van der Waals surface area contributed by atoms with E-state index in [4.69, 9.17) is 0 Å². The SMILES string of the molecule is CC(C)(C)c1ccc2c3ccc(C(C)(C)C)cc3n(-c3ccccc3N3c4ccccc4B4c5ccccc5N(c5ccccc5-n5c6cc(C(C)(C)C)ccc6c6ccc(C(C)(C)C)cc65)c5cc(-n6c7ccccc7c7ccccc76)cc3c54)c2c1. The molecule has 2 aliphatic rings. The summed E-state index contributed by atoms with van der Waals surface area (Å²) in [6, 6.07) is 88.6. The molecule has 5 heterocycles. The molecule has 0 aliphatic carbocycles. The smallest absolute Gasteiger partial charge is 0.252 e. The molecule has 11 aromatic carbocycles. The highest BCUT2D eigenvalue weighted by Crippen LogP contribution is 2.51. The number of fused-ring (bicyclic) bond motifs is 13. The normalized spacial score (nSPS) is 13.6. The Balaban J connectivity index is 1.04. The summed E-state index contributed by atoms with van der Waals surface area (Å²) in [4.78, 5) is 5.26. The first-order valence-electron chi connectivity index (χ1n) is 31.5. The minimum atomic E-state index is -0.0923. The van der Waals surface area contributed by atoms with Gasteiger partial charge in [0.2, 0.25) is 0 Å². The first kappa shape index (κ1) is 53.9. The van der Waals surface area contributed by atoms with E-state index in [1.807, 2.05) is 0 Å². The summed E-state index contributed by atoms with van der Waals surface area (Å²) in [6.45, 7) is 27.9. The number of anilines is 6. The monoisotopic (exact) mass is 1140 g/mol. The zero-order valence-corrected chi connectivity index (χ0v) is 52.8. The number of hydrogen-bond donors (Lipinski definition) is 0. The Hall–Kier alpha value is -9.52. The standard InChI is InChI=1S/C82H74BN5/c1-79(2,3)51-37-41-58-59-42-38-52(80(4,5)6)46-73(59)87(72(58)45-51)70-35-23-21-33-68(70)85-66-31-19-15-27-62(66)83-63-28-16-20-32-67(63)86(77-50-55(49-76(85)78(77)83)84-64-29-17-13-25-56(64)57-26-14-18-30-65(57)84)69-34-22-24-36-71(69)88-74-47-53(81(7,8)9)39-43-60(74)61-44-40-54(48-75(61)88)82(10,11)12/h13-50H,1-12H3. The number of benzene rings is 11. The molecule has 16 rings (SSSR count). The minimum Gasteiger partial charge on any atom is -0.309 e. The maximum Gasteiger partial charge on any atom is 0.252 e. The Labute approximate surface area is 517 Å². The molecule has 0 unspecified atom stereocenters. The molecule has 5 nitrogen and oxygen atoms in total. The van der Waals surface area contributed by atoms with Gasteiger partial charge in [0.1, 0.15) is 0 Å². The van der Waals surface area contributed by atoms with E-state index in [-0.39, 0.29) is 28.4 Å². The molecular formula is C82H74BN5. The molecule has 0 amide bonds. The van der Waals surface area contributed by atoms with E-state index in [1.165, 1.54) is 115 Å². The summed E-state index contributed by atoms with van der Waals surface area (Å²) in [7, 11) is 0. The molecule has 0 spiro atoms. The highest BCUT2D eigenvalue weighted by atomic mass is 15.2. The molecule has 0 atom stereocenters. The maximum absolute atomic E-state index is 2.63. The molecule has 3 aromatic heterocycles. The predicted octanol–water partition coefficient (Wildman–Crippen LogP) is 20.3. The second-order valence-electron chi connectivity index (χ2n) is 29.1. The summed E-state index contributed by atoms with van der Waals surface area (Å²) in [5.41, 5.74) is 26.1. The Morgan fingerprint density at radius 1 is 0.239 bits per heavy atom. The molecule has 2 aliphatic heterocycles. The van der Waals surface area contributed by atoms with Gasteiger partial charge in [-0.1, -0.05) is 229 Å². The Kier molecular flexibility index (Phi) is 11.6. The van der Waals surface area contributed by atoms with E-state index < -0.39 is 0 Å². The van der Waals surface area contributed by atoms with Crippen LogP contribution in [0.25, 0.3) is 82.5 Å². The summed E-state index contributed by atoms with van der Waals surface area (Å²) < 4.78 is 7.69. The number of rotatable bonds is 5. The Morgan fingerprint density at radius 2 is 0.523 bits per heavy atom. The van der Waals surface area contributed by atoms with Crippen molar-refractivity contribution in [3.05, 3.63) is 253 Å². The van der Waals surface area contributed by atoms with Gasteiger partial charge in [-0.15, -0.1) is 0 Å². The van der Waals surface area contributed by atoms with Gasteiger partial charge in [0, 0.05) is 55.1 Å². The van der Waals surface area contributed by atoms with Crippen LogP contribution in [-0.2, 0) is 21.7 Å². The highest BCUT2D eigenvalue weighted by molar-refractivity contribution is 7.00. The first-order chi connectivity index (χ1) is 42.2. The van der Waals surface area contributed by atoms with Crippen LogP contribution in [-0.4, -0.2) is 20.4 Å². The average Bonchev–Trinajstić information content (AvgIpc) is 0.927. The van der Waals surface area contributed by atoms with Crippen molar-refractivity contribution in [3.8, 4) is 17.1 Å². The van der Waals surface area contributed by atoms with Gasteiger partial charge >= 0.3 is 0 Å². The summed E-state index contributed by atoms with van der Waals surface area (Å²) in [5.74, 6) is 0. The lowest BCUT2D eigenvalue weighted by molar-refractivity contribution is 0.590. The van der Waals surface area contributed by atoms with E-state index in [1.54, 1.807) is 0 Å². The molecule has 0 bridgehead atoms. The second kappa shape index (κ2) is 19.0. The average molecular weight is 1140 g/mol. The number of para-hydroxylation sites is 8. The largest absolute Gasteiger partial charge is 0.309 e. The molecule has 0 saturated heterocycles. The highest BCUT2D eigenvalue weighted by Gasteiger charge is 2.45. The topological polar surface area (TPSA) is 21.3 Å². The molecular weight excluding hydrogens is 1070 g/mol. The molecule has 0 saturated carbocycles. The van der Waals surface area contributed by atoms with Gasteiger partial charge in [0.05, 0.1) is 61.5 Å². The van der Waals surface area contributed by atoms with Crippen LogP contribution in [0.5, 0.6) is 0 Å². The summed E-state index contributed by atoms with van der Waals surface area (Å²) >= 11 is 0. The zero-order valence-electron chi connectivity index (χ0n) is 52.8. The van der Waals surface area contributed by atoms with E-state index >= 15 is 0 Å². The van der Waals surface area contributed by atoms with Crippen LogP contribution in [0.1, 0.15) is 105 Å². The van der Waals surface area contributed by atoms with Crippen LogP contribution in [0, 0.1) is 0 Å². The van der Waals surface area contributed by atoms with E-state index in [9.17, 15) is 0 Å². The quantitative estimate of drug-likeness (QED) is 0.160. The van der Waals surface area contributed by atoms with Crippen LogP contribution < -0.4 is 26.2 Å². The Morgan fingerprint density at radius 3 is 0.864 bits per heavy atom. The maximum atomic E-state index is 2.63. The predicted molar refractivity (Wildman–Crippen MR) is 378 cm³/mol. The van der Waals surface area contributed by atoms with Crippen molar-refractivity contribution in [2.75, 3.05) is 9.80 Å². The third-order valence-corrected chi connectivity index (χ3v) is 19.4. The third kappa shape index (κ3) is 8.06. The van der Waals surface area contributed by atoms with Crippen molar-refractivity contribution in [3.63, 3.8) is 0 Å². The minimum absolute atomic E-state index is 0.0637. The molecule has 0 radical (unpaired) electrons. The van der Waals surface area contributed by atoms with Crippen LogP contribution in [0.3, 0.4) is 0 Å². The van der Waals surface area contributed by atoms with E-state index in [2.05, 4.69) is 337 Å². The van der Waals surface area contributed by atoms with Gasteiger partial charge in [0.15, 0.2) is 0 Å². The molecule has 430 valence electrons. The lowest BCUT2D eigenvalue weighted by atomic mass is 9.33. The number of nitrogens with zero attached hydrogens (tertiary/aromatic N) is 5. The lowest BCUT2D eigenvalue weighted by Gasteiger charge is -2.45. The van der Waals surface area contributed by atoms with Crippen molar-refractivity contribution in [1.29, 1.82) is 0 Å². The second-order valence-corrected chi connectivity index (χ2v) is 29.1. The third-order valence-electron chi connectivity index (χ3n) is 19.4. The van der Waals surface area contributed by atoms with Crippen molar-refractivity contribution in [2.45, 2.75) is 105 Å². The van der Waals surface area contributed by atoms with Crippen molar-refractivity contribution in [1.82, 2.24) is 13.7 Å². The fourth-order valence-electron chi connectivity index (χ4n) is 14.8. The van der Waals surface area contributed by atoms with Crippen molar-refractivity contribution >= 4 is 123 Å². The first-order valence-corrected chi connectivity index (χ1v) is 31.5. The lowest BCUT2D eigenvalue weighted by Crippen LogP contribution is -2.61. The van der Waals surface area contributed by atoms with Gasteiger partial charge in [-0.05, 0) is 145 Å². The molecule has 0 fully saturated rings. The molecule has 6 heteroatoms. The van der Waals surface area contributed by atoms with Gasteiger partial charge in [-0.3, -0.25) is 0 Å². The molecule has 0 N–H and O–H groups in total. The van der Waals surface area contributed by atoms with Crippen LogP contribution in [0.15, 0.2) is 231 Å². The molecule has 88 heavy (non-hydrogen) atoms. The van der Waals surface area contributed by atoms with E-state index in [0.29, 0.717) is 0 Å². The van der Waals surface area contributed by atoms with E-state index in [0.717, 1.165) is 39.8 Å². The zero-order chi connectivity index (χ0) is 60.5. The van der Waals surface area contributed by atoms with Gasteiger partial charge in [-0.2, -0.15) is 0 Å². The Bertz CT molecular complexity index is 4770. The number of aromatic nitrogens is 3. The summed E-state index contributed by atoms with van der Waals surface area (Å²) in [6.07, 6.45) is 0. The van der Waals surface area contributed by atoms with Crippen molar-refractivity contribution < 1.29 is 0 Å². The van der Waals surface area contributed by atoms with Crippen LogP contribution >= 0.6 is 0 Å². The fourth-order valence-corrected chi connectivity index (χ4v) is 14.8. The van der Waals surface area contributed by atoms with Crippen LogP contribution in [0.2, 0.25) is 0 Å². The summed E-state index contributed by atoms with van der Waals surface area (Å²) in [5, 5.41) is 7.47. The number of hydrogen-bond acceptors (Lipinski definition) is 2. The fraction of sp³-hybridized carbons (Fsp3) is 0.195. The van der Waals surface area contributed by atoms with Crippen molar-refractivity contribution in [2.24, 2.45) is 0 Å². The molecule has 14 aromatic rings. The van der Waals surface area contributed by atoms with Gasteiger partial charge < -0.3 is 23.5 Å². The van der Waals surface area contributed by atoms with Gasteiger partial charge in [-0.25, -0.2) is 0 Å². The van der Waals surface area contributed by atoms with Gasteiger partial charge in [0.25, 0.3) is 6.71 Å². The van der Waals surface area contributed by atoms with Crippen LogP contribution in [0.4, 0.5) is 34.1 Å².